The van der Waals surface area contributed by atoms with Crippen LogP contribution in [-0.4, -0.2) is 14.5 Å². The molecule has 0 unspecified atom stereocenters. The van der Waals surface area contributed by atoms with E-state index in [1.165, 1.54) is 13.8 Å². The van der Waals surface area contributed by atoms with Crippen LogP contribution in [0.25, 0.3) is 0 Å². The third-order valence-corrected chi connectivity index (χ3v) is 4.46. The molecule has 0 saturated carbocycles. The molecule has 58 valence electrons. The summed E-state index contributed by atoms with van der Waals surface area (Å²) in [6.45, 7) is 2.50. The van der Waals surface area contributed by atoms with Gasteiger partial charge in [0.25, 0.3) is 0 Å². The number of rotatable bonds is 1. The van der Waals surface area contributed by atoms with Crippen molar-refractivity contribution in [1.82, 2.24) is 0 Å². The summed E-state index contributed by atoms with van der Waals surface area (Å²) in [6, 6.07) is 0. The molecule has 0 nitrogen and oxygen atoms in total. The molecule has 9 heavy (non-hydrogen) atoms. The first-order chi connectivity index (χ1) is 3.81. The van der Waals surface area contributed by atoms with Crippen molar-refractivity contribution >= 4 is 0 Å². The van der Waals surface area contributed by atoms with Gasteiger partial charge in [0.1, 0.15) is 0 Å². The maximum atomic E-state index is 11.9. The van der Waals surface area contributed by atoms with E-state index in [2.05, 4.69) is 0 Å². The van der Waals surface area contributed by atoms with Gasteiger partial charge < -0.3 is 0 Å². The van der Waals surface area contributed by atoms with Gasteiger partial charge in [-0.2, -0.15) is 0 Å². The van der Waals surface area contributed by atoms with Crippen LogP contribution in [0.2, 0.25) is 0 Å². The second-order valence-electron chi connectivity index (χ2n) is 2.16. The Kier molecular flexibility index (Phi) is 2.79. The molecule has 0 bridgehead atoms. The normalized spacial score (nSPS) is 14.4. The van der Waals surface area contributed by atoms with Crippen LogP contribution in [-0.2, 0) is 0 Å². The van der Waals surface area contributed by atoms with Gasteiger partial charge in [0.15, 0.2) is 0 Å². The Bertz CT molecular complexity index is 94.9. The van der Waals surface area contributed by atoms with E-state index in [0.717, 1.165) is 0 Å². The van der Waals surface area contributed by atoms with Gasteiger partial charge in [-0.05, 0) is 0 Å². The van der Waals surface area contributed by atoms with Crippen LogP contribution in [0.4, 0.5) is 13.2 Å². The molecular formula is C5H9F3I-. The molecule has 0 radical (unpaired) electrons. The van der Waals surface area contributed by atoms with E-state index in [9.17, 15) is 13.2 Å². The minimum atomic E-state index is -4.00. The summed E-state index contributed by atoms with van der Waals surface area (Å²) in [5, 5.41) is 0. The maximum absolute atomic E-state index is 11.9. The molecular weight excluding hydrogens is 244 g/mol. The van der Waals surface area contributed by atoms with E-state index in [0.29, 0.717) is 0 Å². The Morgan fingerprint density at radius 3 is 1.44 bits per heavy atom. The summed E-state index contributed by atoms with van der Waals surface area (Å²) in [5.41, 5.74) is 0. The van der Waals surface area contributed by atoms with Crippen LogP contribution < -0.4 is 21.2 Å². The summed E-state index contributed by atoms with van der Waals surface area (Å²) in [7, 11) is 0. The standard InChI is InChI=1S/C5H9F3I/c1-4(2,9-3)5(6,7)8/h1-3H3/q-1. The Labute approximate surface area is 63.1 Å². The Hall–Kier alpha value is 0.520. The van der Waals surface area contributed by atoms with Crippen LogP contribution >= 0.6 is 0 Å². The van der Waals surface area contributed by atoms with Crippen molar-refractivity contribution in [3.05, 3.63) is 0 Å². The molecule has 0 spiro atoms. The molecule has 0 heterocycles. The van der Waals surface area contributed by atoms with E-state index in [1.54, 1.807) is 4.93 Å². The Balaban J connectivity index is 4.14. The van der Waals surface area contributed by atoms with Crippen molar-refractivity contribution in [2.24, 2.45) is 0 Å². The quantitative estimate of drug-likeness (QED) is 0.417. The topological polar surface area (TPSA) is 0 Å². The second kappa shape index (κ2) is 2.64. The predicted octanol–water partition coefficient (Wildman–Crippen LogP) is -0.954. The molecule has 0 aromatic heterocycles. The summed E-state index contributed by atoms with van der Waals surface area (Å²) >= 11 is -0.754. The van der Waals surface area contributed by atoms with Crippen LogP contribution in [0.15, 0.2) is 0 Å². The first-order valence-electron chi connectivity index (χ1n) is 2.38. The fraction of sp³-hybridized carbons (Fsp3) is 1.00. The zero-order chi connectivity index (χ0) is 7.71. The van der Waals surface area contributed by atoms with Crippen molar-refractivity contribution in [2.45, 2.75) is 23.4 Å². The number of alkyl halides is 5. The van der Waals surface area contributed by atoms with Crippen LogP contribution in [0.3, 0.4) is 0 Å². The molecule has 0 saturated heterocycles. The predicted molar refractivity (Wildman–Crippen MR) is 26.1 cm³/mol. The van der Waals surface area contributed by atoms with Crippen molar-refractivity contribution in [1.29, 1.82) is 0 Å². The first kappa shape index (κ1) is 9.52. The Morgan fingerprint density at radius 1 is 1.11 bits per heavy atom. The second-order valence-corrected chi connectivity index (χ2v) is 5.93. The average molecular weight is 253 g/mol. The van der Waals surface area contributed by atoms with E-state index >= 15 is 0 Å². The first-order valence-corrected chi connectivity index (χ1v) is 5.62. The van der Waals surface area contributed by atoms with Crippen molar-refractivity contribution in [3.8, 4) is 0 Å². The molecule has 0 fully saturated rings. The molecule has 0 aromatic carbocycles. The summed E-state index contributed by atoms with van der Waals surface area (Å²) < 4.78 is 34.2. The van der Waals surface area contributed by atoms with E-state index in [1.807, 2.05) is 0 Å². The molecule has 4 heteroatoms. The van der Waals surface area contributed by atoms with Gasteiger partial charge in [0.05, 0.1) is 0 Å². The van der Waals surface area contributed by atoms with E-state index < -0.39 is 30.8 Å². The fourth-order valence-electron chi connectivity index (χ4n) is 0.107. The zero-order valence-corrected chi connectivity index (χ0v) is 7.67. The molecule has 0 aliphatic carbocycles. The number of halogens is 4. The third kappa shape index (κ3) is 2.31. The number of hydrogen-bond donors (Lipinski definition) is 0. The van der Waals surface area contributed by atoms with Gasteiger partial charge in [-0.1, -0.05) is 0 Å². The van der Waals surface area contributed by atoms with Gasteiger partial charge in [-0.25, -0.2) is 0 Å². The third-order valence-electron chi connectivity index (χ3n) is 1.15. The SMILES string of the molecule is C[I-]C(C)(C)C(F)(F)F. The zero-order valence-electron chi connectivity index (χ0n) is 5.51. The molecule has 0 aromatic rings. The van der Waals surface area contributed by atoms with Gasteiger partial charge in [0.2, 0.25) is 0 Å². The molecule has 0 atom stereocenters. The molecule has 0 rings (SSSR count). The van der Waals surface area contributed by atoms with Crippen LogP contribution in [0.5, 0.6) is 0 Å². The monoisotopic (exact) mass is 253 g/mol. The van der Waals surface area contributed by atoms with Crippen molar-refractivity contribution in [3.63, 3.8) is 0 Å². The molecule has 0 aliphatic heterocycles. The summed E-state index contributed by atoms with van der Waals surface area (Å²) in [4.78, 5) is 1.65. The molecule has 0 amide bonds. The Morgan fingerprint density at radius 2 is 1.44 bits per heavy atom. The molecule has 0 aliphatic rings. The van der Waals surface area contributed by atoms with Crippen molar-refractivity contribution < 1.29 is 34.4 Å². The van der Waals surface area contributed by atoms with Gasteiger partial charge in [-0.15, -0.1) is 0 Å². The fourth-order valence-corrected chi connectivity index (χ4v) is 0.719. The summed E-state index contributed by atoms with van der Waals surface area (Å²) in [6.07, 6.45) is -4.00. The number of hydrogen-bond acceptors (Lipinski definition) is 0. The molecule has 0 N–H and O–H groups in total. The van der Waals surface area contributed by atoms with Crippen LogP contribution in [0.1, 0.15) is 13.8 Å². The van der Waals surface area contributed by atoms with Gasteiger partial charge in [0, 0.05) is 0 Å². The van der Waals surface area contributed by atoms with Gasteiger partial charge >= 0.3 is 62.8 Å². The average Bonchev–Trinajstić information content (AvgIpc) is 1.64. The summed E-state index contributed by atoms with van der Waals surface area (Å²) in [5.74, 6) is 0. The van der Waals surface area contributed by atoms with E-state index in [4.69, 9.17) is 0 Å². The minimum absolute atomic E-state index is 0.754. The van der Waals surface area contributed by atoms with Gasteiger partial charge in [-0.3, -0.25) is 0 Å². The van der Waals surface area contributed by atoms with E-state index in [-0.39, 0.29) is 0 Å². The van der Waals surface area contributed by atoms with Crippen molar-refractivity contribution in [2.75, 3.05) is 4.93 Å². The van der Waals surface area contributed by atoms with Crippen LogP contribution in [0, 0.1) is 0 Å².